The number of non-ortho nitro benzene ring substituents is 1. The van der Waals surface area contributed by atoms with E-state index in [0.717, 1.165) is 0 Å². The van der Waals surface area contributed by atoms with Crippen LogP contribution in [-0.4, -0.2) is 16.8 Å². The Hall–Kier alpha value is -2.44. The second-order valence-corrected chi connectivity index (χ2v) is 3.63. The maximum absolute atomic E-state index is 11.3. The van der Waals surface area contributed by atoms with Gasteiger partial charge in [-0.15, -0.1) is 0 Å². The van der Waals surface area contributed by atoms with Crippen LogP contribution in [0.4, 0.5) is 5.69 Å². The van der Waals surface area contributed by atoms with Crippen LogP contribution < -0.4 is 11.1 Å². The van der Waals surface area contributed by atoms with Crippen LogP contribution in [0.1, 0.15) is 18.0 Å². The molecule has 0 aliphatic carbocycles. The number of benzene rings is 1. The van der Waals surface area contributed by atoms with Gasteiger partial charge >= 0.3 is 0 Å². The van der Waals surface area contributed by atoms with E-state index in [-0.39, 0.29) is 24.0 Å². The number of rotatable bonds is 2. The summed E-state index contributed by atoms with van der Waals surface area (Å²) in [7, 11) is 0. The Bertz CT molecular complexity index is 512. The Morgan fingerprint density at radius 2 is 2.29 bits per heavy atom. The van der Waals surface area contributed by atoms with Crippen LogP contribution in [0.5, 0.6) is 0 Å². The molecule has 1 aliphatic heterocycles. The van der Waals surface area contributed by atoms with E-state index in [9.17, 15) is 14.9 Å². The summed E-state index contributed by atoms with van der Waals surface area (Å²) in [5, 5.41) is 13.0. The van der Waals surface area contributed by atoms with E-state index in [4.69, 9.17) is 5.73 Å². The van der Waals surface area contributed by atoms with Gasteiger partial charge in [-0.2, -0.15) is 0 Å². The fraction of sp³-hybridized carbons (Fsp3) is 0.200. The monoisotopic (exact) mass is 234 g/mol. The first kappa shape index (κ1) is 11.1. The van der Waals surface area contributed by atoms with Gasteiger partial charge in [0.1, 0.15) is 0 Å². The molecule has 2 rings (SSSR count). The third-order valence-corrected chi connectivity index (χ3v) is 2.41. The molecule has 7 heteroatoms. The van der Waals surface area contributed by atoms with Crippen LogP contribution in [0.25, 0.3) is 0 Å². The van der Waals surface area contributed by atoms with Crippen molar-refractivity contribution >= 4 is 17.6 Å². The summed E-state index contributed by atoms with van der Waals surface area (Å²) >= 11 is 0. The first-order valence-electron chi connectivity index (χ1n) is 4.94. The number of nitro groups is 1. The van der Waals surface area contributed by atoms with Gasteiger partial charge in [0, 0.05) is 12.1 Å². The highest BCUT2D eigenvalue weighted by Gasteiger charge is 2.22. The highest BCUT2D eigenvalue weighted by Crippen LogP contribution is 2.26. The maximum atomic E-state index is 11.3. The lowest BCUT2D eigenvalue weighted by Gasteiger charge is -2.18. The number of amides is 1. The number of hydrogen-bond donors (Lipinski definition) is 2. The van der Waals surface area contributed by atoms with Crippen LogP contribution in [0, 0.1) is 10.1 Å². The summed E-state index contributed by atoms with van der Waals surface area (Å²) in [5.74, 6) is -0.202. The molecule has 1 heterocycles. The smallest absolute Gasteiger partial charge is 0.269 e. The van der Waals surface area contributed by atoms with Crippen molar-refractivity contribution in [1.82, 2.24) is 5.32 Å². The predicted octanol–water partition coefficient (Wildman–Crippen LogP) is 0.470. The van der Waals surface area contributed by atoms with Crippen molar-refractivity contribution in [2.75, 3.05) is 0 Å². The zero-order valence-electron chi connectivity index (χ0n) is 8.79. The molecule has 0 radical (unpaired) electrons. The first-order chi connectivity index (χ1) is 8.06. The molecule has 1 aliphatic rings. The van der Waals surface area contributed by atoms with E-state index in [0.29, 0.717) is 5.56 Å². The van der Waals surface area contributed by atoms with Gasteiger partial charge in [-0.05, 0) is 5.56 Å². The summed E-state index contributed by atoms with van der Waals surface area (Å²) in [4.78, 5) is 25.5. The van der Waals surface area contributed by atoms with Gasteiger partial charge in [0.2, 0.25) is 5.91 Å². The topological polar surface area (TPSA) is 111 Å². The quantitative estimate of drug-likeness (QED) is 0.572. The number of hydrogen-bond acceptors (Lipinski definition) is 5. The predicted molar refractivity (Wildman–Crippen MR) is 60.2 cm³/mol. The van der Waals surface area contributed by atoms with Crippen molar-refractivity contribution in [3.05, 3.63) is 39.9 Å². The Morgan fingerprint density at radius 1 is 1.53 bits per heavy atom. The van der Waals surface area contributed by atoms with Crippen molar-refractivity contribution in [3.8, 4) is 0 Å². The third kappa shape index (κ3) is 2.39. The zero-order valence-corrected chi connectivity index (χ0v) is 8.79. The van der Waals surface area contributed by atoms with Gasteiger partial charge in [0.05, 0.1) is 17.4 Å². The molecule has 3 N–H and O–H groups in total. The minimum Gasteiger partial charge on any atom is -0.370 e. The van der Waals surface area contributed by atoms with E-state index < -0.39 is 11.0 Å². The average molecular weight is 234 g/mol. The first-order valence-corrected chi connectivity index (χ1v) is 4.94. The Morgan fingerprint density at radius 3 is 2.94 bits per heavy atom. The summed E-state index contributed by atoms with van der Waals surface area (Å²) < 4.78 is 0. The molecule has 7 nitrogen and oxygen atoms in total. The van der Waals surface area contributed by atoms with E-state index in [1.54, 1.807) is 12.1 Å². The number of carbonyl (C=O) groups is 1. The van der Waals surface area contributed by atoms with E-state index in [1.807, 2.05) is 0 Å². The molecule has 17 heavy (non-hydrogen) atoms. The molecule has 0 unspecified atom stereocenters. The van der Waals surface area contributed by atoms with Gasteiger partial charge in [0.15, 0.2) is 5.96 Å². The van der Waals surface area contributed by atoms with Crippen LogP contribution in [0.3, 0.4) is 0 Å². The fourth-order valence-electron chi connectivity index (χ4n) is 1.65. The highest BCUT2D eigenvalue weighted by molar-refractivity contribution is 5.98. The van der Waals surface area contributed by atoms with Gasteiger partial charge in [-0.1, -0.05) is 12.1 Å². The molecule has 1 aromatic rings. The van der Waals surface area contributed by atoms with Crippen LogP contribution in [0.2, 0.25) is 0 Å². The Kier molecular flexibility index (Phi) is 2.73. The van der Waals surface area contributed by atoms with Gasteiger partial charge in [-0.3, -0.25) is 20.2 Å². The molecule has 0 bridgehead atoms. The van der Waals surface area contributed by atoms with E-state index in [1.165, 1.54) is 12.1 Å². The maximum Gasteiger partial charge on any atom is 0.269 e. The molecule has 1 atom stereocenters. The van der Waals surface area contributed by atoms with Crippen molar-refractivity contribution < 1.29 is 9.72 Å². The fourth-order valence-corrected chi connectivity index (χ4v) is 1.65. The largest absolute Gasteiger partial charge is 0.370 e. The molecule has 0 saturated heterocycles. The van der Waals surface area contributed by atoms with Crippen molar-refractivity contribution in [2.24, 2.45) is 10.7 Å². The van der Waals surface area contributed by atoms with Gasteiger partial charge in [0.25, 0.3) is 5.69 Å². The zero-order chi connectivity index (χ0) is 12.4. The van der Waals surface area contributed by atoms with Gasteiger partial charge < -0.3 is 5.73 Å². The summed E-state index contributed by atoms with van der Waals surface area (Å²) in [6.07, 6.45) is 0.141. The summed E-state index contributed by atoms with van der Waals surface area (Å²) in [5.41, 5.74) is 6.02. The number of nitrogens with one attached hydrogen (secondary N) is 1. The molecule has 1 amide bonds. The standard InChI is InChI=1S/C10H10N4O3/c11-10-12-8(5-9(15)13-10)6-2-1-3-7(4-6)14(16)17/h1-4,8H,5H2,(H3,11,12,13,15)/t8-/m0/s1. The number of nitrogens with zero attached hydrogens (tertiary/aromatic N) is 2. The molecule has 0 aromatic heterocycles. The second-order valence-electron chi connectivity index (χ2n) is 3.63. The number of nitrogens with two attached hydrogens (primary N) is 1. The average Bonchev–Trinajstić information content (AvgIpc) is 2.28. The lowest BCUT2D eigenvalue weighted by atomic mass is 10.0. The van der Waals surface area contributed by atoms with Crippen LogP contribution in [-0.2, 0) is 4.79 Å². The minimum atomic E-state index is -0.487. The molecular weight excluding hydrogens is 224 g/mol. The lowest BCUT2D eigenvalue weighted by Crippen LogP contribution is -2.41. The summed E-state index contributed by atoms with van der Waals surface area (Å²) in [6, 6.07) is 5.58. The third-order valence-electron chi connectivity index (χ3n) is 2.41. The van der Waals surface area contributed by atoms with Crippen molar-refractivity contribution in [3.63, 3.8) is 0 Å². The number of guanidine groups is 1. The number of carbonyl (C=O) groups excluding carboxylic acids is 1. The van der Waals surface area contributed by atoms with Crippen molar-refractivity contribution in [2.45, 2.75) is 12.5 Å². The molecular formula is C10H10N4O3. The molecule has 1 aromatic carbocycles. The molecule has 88 valence electrons. The lowest BCUT2D eigenvalue weighted by molar-refractivity contribution is -0.384. The normalized spacial score (nSPS) is 19.4. The summed E-state index contributed by atoms with van der Waals surface area (Å²) in [6.45, 7) is 0. The van der Waals surface area contributed by atoms with Crippen LogP contribution in [0.15, 0.2) is 29.3 Å². The van der Waals surface area contributed by atoms with Gasteiger partial charge in [-0.25, -0.2) is 4.99 Å². The molecule has 0 spiro atoms. The van der Waals surface area contributed by atoms with E-state index in [2.05, 4.69) is 10.3 Å². The van der Waals surface area contributed by atoms with E-state index >= 15 is 0 Å². The molecule has 0 fully saturated rings. The minimum absolute atomic E-state index is 0.0257. The second kappa shape index (κ2) is 4.20. The Balaban J connectivity index is 2.34. The highest BCUT2D eigenvalue weighted by atomic mass is 16.6. The molecule has 0 saturated carbocycles. The number of nitro benzene ring substituents is 1. The Labute approximate surface area is 96.5 Å². The van der Waals surface area contributed by atoms with Crippen molar-refractivity contribution in [1.29, 1.82) is 0 Å². The van der Waals surface area contributed by atoms with Crippen LogP contribution >= 0.6 is 0 Å². The number of aliphatic imine (C=N–C) groups is 1. The SMILES string of the molecule is NC1=N[C@H](c2cccc([N+](=O)[O-])c2)CC(=O)N1.